The van der Waals surface area contributed by atoms with Gasteiger partial charge in [0.25, 0.3) is 0 Å². The van der Waals surface area contributed by atoms with Crippen LogP contribution in [-0.2, 0) is 11.3 Å². The highest BCUT2D eigenvalue weighted by Crippen LogP contribution is 2.29. The molecular weight excluding hydrogens is 292 g/mol. The van der Waals surface area contributed by atoms with Crippen LogP contribution in [0.3, 0.4) is 0 Å². The molecule has 2 aromatic heterocycles. The normalized spacial score (nSPS) is 22.2. The van der Waals surface area contributed by atoms with Gasteiger partial charge in [-0.2, -0.15) is 0 Å². The highest BCUT2D eigenvalue weighted by Gasteiger charge is 2.27. The number of morpholine rings is 1. The molecule has 23 heavy (non-hydrogen) atoms. The molecule has 2 aromatic rings. The van der Waals surface area contributed by atoms with E-state index in [0.717, 1.165) is 43.8 Å². The van der Waals surface area contributed by atoms with Crippen molar-refractivity contribution in [2.24, 2.45) is 5.92 Å². The number of furan rings is 1. The number of aromatic nitrogens is 2. The Kier molecular flexibility index (Phi) is 4.26. The summed E-state index contributed by atoms with van der Waals surface area (Å²) in [7, 11) is 0. The van der Waals surface area contributed by atoms with Gasteiger partial charge in [0.1, 0.15) is 11.6 Å². The molecule has 0 amide bonds. The Hall–Kier alpha value is -1.92. The molecule has 1 aliphatic heterocycles. The van der Waals surface area contributed by atoms with Crippen molar-refractivity contribution in [2.45, 2.75) is 25.4 Å². The Morgan fingerprint density at radius 2 is 2.26 bits per heavy atom. The third-order valence-corrected chi connectivity index (χ3v) is 4.45. The molecule has 122 valence electrons. The summed E-state index contributed by atoms with van der Waals surface area (Å²) in [5, 5.41) is 3.42. The number of hydrogen-bond acceptors (Lipinski definition) is 6. The van der Waals surface area contributed by atoms with Crippen molar-refractivity contribution in [3.8, 4) is 0 Å². The van der Waals surface area contributed by atoms with Crippen LogP contribution in [0.25, 0.3) is 0 Å². The van der Waals surface area contributed by atoms with Gasteiger partial charge in [-0.1, -0.05) is 0 Å². The van der Waals surface area contributed by atoms with E-state index in [1.165, 1.54) is 18.4 Å². The van der Waals surface area contributed by atoms with Gasteiger partial charge in [-0.15, -0.1) is 0 Å². The molecule has 1 saturated carbocycles. The van der Waals surface area contributed by atoms with Crippen molar-refractivity contribution in [3.63, 3.8) is 0 Å². The molecule has 0 spiro atoms. The van der Waals surface area contributed by atoms with E-state index >= 15 is 0 Å². The van der Waals surface area contributed by atoms with Crippen LogP contribution in [0.15, 0.2) is 35.3 Å². The first-order valence-electron chi connectivity index (χ1n) is 8.28. The van der Waals surface area contributed by atoms with Gasteiger partial charge in [-0.3, -0.25) is 4.90 Å². The minimum Gasteiger partial charge on any atom is -0.472 e. The van der Waals surface area contributed by atoms with E-state index in [1.54, 1.807) is 12.5 Å². The molecule has 2 fully saturated rings. The molecule has 0 bridgehead atoms. The Morgan fingerprint density at radius 3 is 3.09 bits per heavy atom. The third-order valence-electron chi connectivity index (χ3n) is 4.45. The molecule has 1 atom stereocenters. The second-order valence-electron chi connectivity index (χ2n) is 6.32. The van der Waals surface area contributed by atoms with Crippen molar-refractivity contribution in [3.05, 3.63) is 42.2 Å². The maximum absolute atomic E-state index is 5.67. The van der Waals surface area contributed by atoms with Gasteiger partial charge < -0.3 is 14.5 Å². The average Bonchev–Trinajstić information content (AvgIpc) is 3.29. The van der Waals surface area contributed by atoms with Gasteiger partial charge in [0.05, 0.1) is 31.8 Å². The third kappa shape index (κ3) is 3.71. The van der Waals surface area contributed by atoms with Crippen LogP contribution in [0.4, 0.5) is 5.82 Å². The van der Waals surface area contributed by atoms with Crippen LogP contribution in [0.1, 0.15) is 30.3 Å². The van der Waals surface area contributed by atoms with E-state index in [9.17, 15) is 0 Å². The van der Waals surface area contributed by atoms with Crippen LogP contribution in [-0.4, -0.2) is 41.2 Å². The van der Waals surface area contributed by atoms with Crippen molar-refractivity contribution in [2.75, 3.05) is 31.6 Å². The molecule has 4 rings (SSSR count). The first-order valence-corrected chi connectivity index (χ1v) is 8.28. The maximum Gasteiger partial charge on any atom is 0.150 e. The summed E-state index contributed by atoms with van der Waals surface area (Å²) >= 11 is 0. The van der Waals surface area contributed by atoms with Gasteiger partial charge in [0.2, 0.25) is 0 Å². The Morgan fingerprint density at radius 1 is 1.30 bits per heavy atom. The van der Waals surface area contributed by atoms with Gasteiger partial charge >= 0.3 is 0 Å². The monoisotopic (exact) mass is 314 g/mol. The summed E-state index contributed by atoms with van der Waals surface area (Å²) in [5.74, 6) is 2.56. The van der Waals surface area contributed by atoms with Crippen LogP contribution in [0.5, 0.6) is 0 Å². The van der Waals surface area contributed by atoms with E-state index in [4.69, 9.17) is 14.1 Å². The van der Waals surface area contributed by atoms with Crippen molar-refractivity contribution in [1.82, 2.24) is 14.9 Å². The fourth-order valence-electron chi connectivity index (χ4n) is 2.89. The summed E-state index contributed by atoms with van der Waals surface area (Å²) in [6.07, 6.45) is 8.01. The van der Waals surface area contributed by atoms with E-state index in [-0.39, 0.29) is 6.04 Å². The van der Waals surface area contributed by atoms with Gasteiger partial charge in [0.15, 0.2) is 0 Å². The lowest BCUT2D eigenvalue weighted by molar-refractivity contribution is -0.0159. The Labute approximate surface area is 135 Å². The van der Waals surface area contributed by atoms with Crippen molar-refractivity contribution in [1.29, 1.82) is 0 Å². The largest absolute Gasteiger partial charge is 0.472 e. The number of nitrogens with one attached hydrogen (secondary N) is 1. The number of hydrogen-bond donors (Lipinski definition) is 1. The number of anilines is 1. The SMILES string of the molecule is c1cc(NCC2CC2)nc([C@@H]2COCCN2Cc2ccoc2)n1. The van der Waals surface area contributed by atoms with Gasteiger partial charge in [-0.25, -0.2) is 9.97 Å². The Balaban J connectivity index is 1.48. The number of ether oxygens (including phenoxy) is 1. The molecule has 3 heterocycles. The van der Waals surface area contributed by atoms with Gasteiger partial charge in [-0.05, 0) is 30.9 Å². The molecule has 0 radical (unpaired) electrons. The predicted molar refractivity (Wildman–Crippen MR) is 85.9 cm³/mol. The lowest BCUT2D eigenvalue weighted by Gasteiger charge is -2.34. The first-order chi connectivity index (χ1) is 11.4. The minimum atomic E-state index is 0.0846. The highest BCUT2D eigenvalue weighted by atomic mass is 16.5. The zero-order valence-electron chi connectivity index (χ0n) is 13.1. The fraction of sp³-hybridized carbons (Fsp3) is 0.529. The Bertz CT molecular complexity index is 627. The summed E-state index contributed by atoms with van der Waals surface area (Å²) in [6, 6.07) is 4.03. The zero-order valence-corrected chi connectivity index (χ0v) is 13.1. The summed E-state index contributed by atoms with van der Waals surface area (Å²) < 4.78 is 10.8. The summed E-state index contributed by atoms with van der Waals surface area (Å²) in [4.78, 5) is 11.6. The predicted octanol–water partition coefficient (Wildman–Crippen LogP) is 2.47. The quantitative estimate of drug-likeness (QED) is 0.884. The average molecular weight is 314 g/mol. The molecule has 1 aliphatic carbocycles. The van der Waals surface area contributed by atoms with Crippen molar-refractivity contribution < 1.29 is 9.15 Å². The van der Waals surface area contributed by atoms with Crippen LogP contribution in [0.2, 0.25) is 0 Å². The molecule has 1 saturated heterocycles. The molecule has 0 aromatic carbocycles. The van der Waals surface area contributed by atoms with E-state index in [2.05, 4.69) is 15.2 Å². The fourth-order valence-corrected chi connectivity index (χ4v) is 2.89. The molecule has 1 N–H and O–H groups in total. The first kappa shape index (κ1) is 14.7. The van der Waals surface area contributed by atoms with Crippen LogP contribution >= 0.6 is 0 Å². The lowest BCUT2D eigenvalue weighted by Crippen LogP contribution is -2.39. The summed E-state index contributed by atoms with van der Waals surface area (Å²) in [6.45, 7) is 4.08. The molecular formula is C17H22N4O2. The second-order valence-corrected chi connectivity index (χ2v) is 6.32. The number of rotatable bonds is 6. The zero-order chi connectivity index (χ0) is 15.5. The topological polar surface area (TPSA) is 63.4 Å². The smallest absolute Gasteiger partial charge is 0.150 e. The summed E-state index contributed by atoms with van der Waals surface area (Å²) in [5.41, 5.74) is 1.17. The highest BCUT2D eigenvalue weighted by molar-refractivity contribution is 5.33. The van der Waals surface area contributed by atoms with E-state index < -0.39 is 0 Å². The standard InChI is InChI=1S/C17H22N4O2/c1-2-13(1)9-19-16-3-5-18-17(20-16)15-12-23-8-6-21(15)10-14-4-7-22-11-14/h3-5,7,11,13,15H,1-2,6,8-10,12H2,(H,18,19,20)/t15-/m0/s1. The maximum atomic E-state index is 5.67. The second kappa shape index (κ2) is 6.68. The van der Waals surface area contributed by atoms with Crippen LogP contribution in [0, 0.1) is 5.92 Å². The molecule has 6 nitrogen and oxygen atoms in total. The van der Waals surface area contributed by atoms with E-state index in [1.807, 2.05) is 18.3 Å². The molecule has 2 aliphatic rings. The van der Waals surface area contributed by atoms with E-state index in [0.29, 0.717) is 6.61 Å². The molecule has 6 heteroatoms. The lowest BCUT2D eigenvalue weighted by atomic mass is 10.2. The van der Waals surface area contributed by atoms with Gasteiger partial charge in [0, 0.05) is 31.4 Å². The molecule has 0 unspecified atom stereocenters. The van der Waals surface area contributed by atoms with Crippen molar-refractivity contribution >= 4 is 5.82 Å². The van der Waals surface area contributed by atoms with Crippen LogP contribution < -0.4 is 5.32 Å². The minimum absolute atomic E-state index is 0.0846. The number of nitrogens with zero attached hydrogens (tertiary/aromatic N) is 3.